The maximum absolute atomic E-state index is 13.4. The van der Waals surface area contributed by atoms with Gasteiger partial charge in [0.05, 0.1) is 23.7 Å². The summed E-state index contributed by atoms with van der Waals surface area (Å²) in [7, 11) is -1.05. The van der Waals surface area contributed by atoms with E-state index in [9.17, 15) is 18.3 Å². The van der Waals surface area contributed by atoms with Crippen LogP contribution in [-0.4, -0.2) is 62.7 Å². The third kappa shape index (κ3) is 7.40. The third-order valence-electron chi connectivity index (χ3n) is 7.25. The number of rotatable bonds is 11. The lowest BCUT2D eigenvalue weighted by Crippen LogP contribution is -2.47. The zero-order valence-corrected chi connectivity index (χ0v) is 25.0. The first-order chi connectivity index (χ1) is 19.4. The van der Waals surface area contributed by atoms with Gasteiger partial charge in [0.2, 0.25) is 10.0 Å². The van der Waals surface area contributed by atoms with Gasteiger partial charge in [0.15, 0.2) is 0 Å². The number of β-amino-alcohol motifs (C(OH)–C–C–N with tert-alkyl or cyclic N) is 1. The van der Waals surface area contributed by atoms with Crippen molar-refractivity contribution in [2.75, 3.05) is 27.2 Å². The number of aryl methyl sites for hydroxylation is 1. The van der Waals surface area contributed by atoms with E-state index in [0.717, 1.165) is 17.5 Å². The monoisotopic (exact) mass is 574 g/mol. The van der Waals surface area contributed by atoms with Gasteiger partial charge in [-0.25, -0.2) is 13.2 Å². The van der Waals surface area contributed by atoms with E-state index in [4.69, 9.17) is 4.74 Å². The summed E-state index contributed by atoms with van der Waals surface area (Å²) in [5, 5.41) is 16.5. The second-order valence-corrected chi connectivity index (χ2v) is 13.2. The highest BCUT2D eigenvalue weighted by Crippen LogP contribution is 2.26. The van der Waals surface area contributed by atoms with Crippen LogP contribution in [0.1, 0.15) is 35.3 Å². The second-order valence-electron chi connectivity index (χ2n) is 11.1. The number of hydrogen-bond donors (Lipinski definition) is 2. The van der Waals surface area contributed by atoms with Crippen LogP contribution in [0, 0.1) is 6.92 Å². The maximum Gasteiger partial charge on any atom is 0.338 e. The van der Waals surface area contributed by atoms with Crippen molar-refractivity contribution < 1.29 is 23.1 Å². The highest BCUT2D eigenvalue weighted by molar-refractivity contribution is 7.89. The molecule has 7 nitrogen and oxygen atoms in total. The first kappa shape index (κ1) is 30.4. The summed E-state index contributed by atoms with van der Waals surface area (Å²) >= 11 is 0. The van der Waals surface area contributed by atoms with Gasteiger partial charge in [-0.3, -0.25) is 0 Å². The van der Waals surface area contributed by atoms with E-state index < -0.39 is 22.1 Å². The smallest absolute Gasteiger partial charge is 0.338 e. The zero-order chi connectivity index (χ0) is 29.8. The molecule has 0 saturated carbocycles. The van der Waals surface area contributed by atoms with E-state index in [1.165, 1.54) is 34.8 Å². The van der Waals surface area contributed by atoms with Crippen molar-refractivity contribution in [2.24, 2.45) is 0 Å². The van der Waals surface area contributed by atoms with Crippen LogP contribution in [0.2, 0.25) is 0 Å². The number of aliphatic hydroxyl groups excluding tert-OH is 1. The Bertz CT molecular complexity index is 1650. The van der Waals surface area contributed by atoms with Gasteiger partial charge in [0, 0.05) is 25.7 Å². The van der Waals surface area contributed by atoms with Crippen LogP contribution >= 0.6 is 0 Å². The van der Waals surface area contributed by atoms with Gasteiger partial charge < -0.3 is 15.2 Å². The molecular weight excluding hydrogens is 536 g/mol. The fourth-order valence-corrected chi connectivity index (χ4v) is 6.23. The summed E-state index contributed by atoms with van der Waals surface area (Å²) < 4.78 is 32.8. The van der Waals surface area contributed by atoms with Crippen molar-refractivity contribution in [3.8, 4) is 11.1 Å². The Morgan fingerprint density at radius 2 is 1.66 bits per heavy atom. The summed E-state index contributed by atoms with van der Waals surface area (Å²) in [5.41, 5.74) is 3.56. The number of aliphatic hydroxyl groups is 1. The summed E-state index contributed by atoms with van der Waals surface area (Å²) in [6, 6.07) is 26.6. The number of carbonyl (C=O) groups is 1. The Hall–Kier alpha value is -3.56. The van der Waals surface area contributed by atoms with Crippen LogP contribution in [0.25, 0.3) is 21.9 Å². The van der Waals surface area contributed by atoms with Gasteiger partial charge in [-0.2, -0.15) is 4.31 Å². The van der Waals surface area contributed by atoms with E-state index in [1.807, 2.05) is 31.2 Å². The molecule has 4 aromatic carbocycles. The predicted octanol–water partition coefficient (Wildman–Crippen LogP) is 5.19. The van der Waals surface area contributed by atoms with Crippen molar-refractivity contribution >= 4 is 26.8 Å². The molecule has 1 atom stereocenters. The van der Waals surface area contributed by atoms with Crippen LogP contribution in [0.5, 0.6) is 0 Å². The van der Waals surface area contributed by atoms with Crippen LogP contribution < -0.4 is 5.32 Å². The van der Waals surface area contributed by atoms with Crippen molar-refractivity contribution in [3.05, 3.63) is 102 Å². The van der Waals surface area contributed by atoms with Crippen LogP contribution in [0.15, 0.2) is 89.8 Å². The number of nitrogens with zero attached hydrogens (tertiary/aromatic N) is 1. The number of nitrogens with one attached hydrogen (secondary N) is 1. The molecule has 0 aromatic heterocycles. The van der Waals surface area contributed by atoms with E-state index in [2.05, 4.69) is 49.5 Å². The summed E-state index contributed by atoms with van der Waals surface area (Å²) in [6.45, 7) is 6.13. The summed E-state index contributed by atoms with van der Waals surface area (Å²) in [4.78, 5) is 12.1. The summed E-state index contributed by atoms with van der Waals surface area (Å²) in [6.07, 6.45) is -0.145. The molecule has 41 heavy (non-hydrogen) atoms. The van der Waals surface area contributed by atoms with Crippen molar-refractivity contribution in [3.63, 3.8) is 0 Å². The molecule has 2 N–H and O–H groups in total. The average Bonchev–Trinajstić information content (AvgIpc) is 2.95. The Kier molecular flexibility index (Phi) is 9.29. The molecule has 4 aromatic rings. The topological polar surface area (TPSA) is 95.9 Å². The molecule has 0 saturated heterocycles. The molecule has 0 heterocycles. The lowest BCUT2D eigenvalue weighted by molar-refractivity contribution is 0.0600. The lowest BCUT2D eigenvalue weighted by Gasteiger charge is -2.29. The van der Waals surface area contributed by atoms with E-state index in [-0.39, 0.29) is 23.5 Å². The Morgan fingerprint density at radius 3 is 2.37 bits per heavy atom. The van der Waals surface area contributed by atoms with Crippen LogP contribution in [0.3, 0.4) is 0 Å². The highest BCUT2D eigenvalue weighted by atomic mass is 32.2. The number of benzene rings is 4. The minimum absolute atomic E-state index is 0.0570. The predicted molar refractivity (Wildman–Crippen MR) is 164 cm³/mol. The molecule has 0 fully saturated rings. The molecule has 4 rings (SSSR count). The van der Waals surface area contributed by atoms with Gasteiger partial charge in [-0.15, -0.1) is 0 Å². The summed E-state index contributed by atoms with van der Waals surface area (Å²) in [5.74, 6) is -0.419. The largest absolute Gasteiger partial charge is 0.465 e. The van der Waals surface area contributed by atoms with Crippen molar-refractivity contribution in [1.29, 1.82) is 0 Å². The average molecular weight is 575 g/mol. The van der Waals surface area contributed by atoms with Gasteiger partial charge >= 0.3 is 5.97 Å². The SMILES string of the molecule is COC(=O)c1ccc(-c2cccc(S(=O)(=O)N(C)C[C@H](O)CNC(C)(C)Cc3ccc4ccccc4c3)c2)cc1C. The molecular formula is C33H38N2O5S. The van der Waals surface area contributed by atoms with Gasteiger partial charge in [-0.05, 0) is 78.4 Å². The molecule has 0 aliphatic rings. The van der Waals surface area contributed by atoms with E-state index in [1.54, 1.807) is 30.3 Å². The van der Waals surface area contributed by atoms with Crippen LogP contribution in [0.4, 0.5) is 0 Å². The first-order valence-electron chi connectivity index (χ1n) is 13.6. The van der Waals surface area contributed by atoms with E-state index in [0.29, 0.717) is 11.1 Å². The number of fused-ring (bicyclic) bond motifs is 1. The van der Waals surface area contributed by atoms with E-state index >= 15 is 0 Å². The van der Waals surface area contributed by atoms with Crippen molar-refractivity contribution in [1.82, 2.24) is 9.62 Å². The minimum atomic E-state index is -3.85. The minimum Gasteiger partial charge on any atom is -0.465 e. The Labute approximate surface area is 242 Å². The number of likely N-dealkylation sites (N-methyl/N-ethyl adjacent to an activating group) is 1. The van der Waals surface area contributed by atoms with Gasteiger partial charge in [-0.1, -0.05) is 66.7 Å². The number of esters is 1. The maximum atomic E-state index is 13.4. The van der Waals surface area contributed by atoms with Gasteiger partial charge in [0.25, 0.3) is 0 Å². The lowest BCUT2D eigenvalue weighted by atomic mass is 9.93. The molecule has 0 bridgehead atoms. The standard InChI is InChI=1S/C33H38N2O5S/c1-23-17-28(15-16-31(23)32(37)40-5)27-11-8-12-30(19-27)41(38,39)35(4)22-29(36)21-34-33(2,3)20-24-13-14-25-9-6-7-10-26(25)18-24/h6-19,29,34,36H,20-22H2,1-5H3/t29-/m1/s1. The normalized spacial score (nSPS) is 13.0. The third-order valence-corrected chi connectivity index (χ3v) is 9.07. The quantitative estimate of drug-likeness (QED) is 0.239. The number of hydrogen-bond acceptors (Lipinski definition) is 6. The molecule has 0 spiro atoms. The molecule has 0 unspecified atom stereocenters. The molecule has 0 aliphatic carbocycles. The number of carbonyl (C=O) groups excluding carboxylic acids is 1. The molecule has 8 heteroatoms. The number of methoxy groups -OCH3 is 1. The van der Waals surface area contributed by atoms with Crippen molar-refractivity contribution in [2.45, 2.75) is 43.7 Å². The highest BCUT2D eigenvalue weighted by Gasteiger charge is 2.25. The number of ether oxygens (including phenoxy) is 1. The molecule has 0 amide bonds. The first-order valence-corrected chi connectivity index (χ1v) is 15.0. The fraction of sp³-hybridized carbons (Fsp3) is 0.303. The number of sulfonamides is 1. The molecule has 0 aliphatic heterocycles. The van der Waals surface area contributed by atoms with Gasteiger partial charge in [0.1, 0.15) is 0 Å². The fourth-order valence-electron chi connectivity index (χ4n) is 4.97. The molecule has 216 valence electrons. The zero-order valence-electron chi connectivity index (χ0n) is 24.2. The van der Waals surface area contributed by atoms with Crippen LogP contribution in [-0.2, 0) is 21.2 Å². The Morgan fingerprint density at radius 1 is 0.951 bits per heavy atom. The Balaban J connectivity index is 1.39. The molecule has 0 radical (unpaired) electrons. The second kappa shape index (κ2) is 12.5.